The third-order valence-corrected chi connectivity index (χ3v) is 6.77. The largest absolute Gasteiger partial charge is 0.493 e. The van der Waals surface area contributed by atoms with E-state index in [4.69, 9.17) is 14.2 Å². The maximum atomic E-state index is 13.6. The van der Waals surface area contributed by atoms with Crippen LogP contribution < -0.4 is 14.8 Å². The van der Waals surface area contributed by atoms with Gasteiger partial charge in [0.05, 0.1) is 13.7 Å². The minimum absolute atomic E-state index is 0.0209. The van der Waals surface area contributed by atoms with Crippen LogP contribution in [-0.2, 0) is 9.53 Å². The minimum Gasteiger partial charge on any atom is -0.493 e. The molecule has 1 saturated carbocycles. The van der Waals surface area contributed by atoms with Crippen LogP contribution in [0.5, 0.6) is 11.5 Å². The molecule has 1 N–H and O–H groups in total. The van der Waals surface area contributed by atoms with Crippen LogP contribution in [0.2, 0.25) is 0 Å². The van der Waals surface area contributed by atoms with E-state index in [-0.39, 0.29) is 23.8 Å². The Labute approximate surface area is 203 Å². The van der Waals surface area contributed by atoms with Crippen molar-refractivity contribution in [1.82, 2.24) is 15.1 Å². The molecule has 0 radical (unpaired) electrons. The third kappa shape index (κ3) is 6.85. The van der Waals surface area contributed by atoms with Crippen LogP contribution in [0.25, 0.3) is 0 Å². The molecule has 2 fully saturated rings. The number of carbonyl (C=O) groups excluding carboxylic acids is 2. The van der Waals surface area contributed by atoms with Crippen molar-refractivity contribution in [3.63, 3.8) is 0 Å². The lowest BCUT2D eigenvalue weighted by Gasteiger charge is -2.33. The van der Waals surface area contributed by atoms with E-state index in [1.54, 1.807) is 32.4 Å². The molecule has 1 aliphatic carbocycles. The number of methoxy groups -OCH3 is 2. The fraction of sp³-hybridized carbons (Fsp3) is 0.692. The van der Waals surface area contributed by atoms with Gasteiger partial charge in [0.15, 0.2) is 11.5 Å². The van der Waals surface area contributed by atoms with Crippen LogP contribution in [0.4, 0.5) is 0 Å². The molecule has 8 nitrogen and oxygen atoms in total. The maximum Gasteiger partial charge on any atom is 0.254 e. The summed E-state index contributed by atoms with van der Waals surface area (Å²) in [7, 11) is 5.16. The van der Waals surface area contributed by atoms with Gasteiger partial charge in [-0.05, 0) is 56.7 Å². The van der Waals surface area contributed by atoms with Gasteiger partial charge < -0.3 is 29.3 Å². The van der Waals surface area contributed by atoms with Gasteiger partial charge in [-0.25, -0.2) is 0 Å². The van der Waals surface area contributed by atoms with Crippen molar-refractivity contribution < 1.29 is 23.8 Å². The maximum absolute atomic E-state index is 13.6. The van der Waals surface area contributed by atoms with E-state index in [9.17, 15) is 9.59 Å². The summed E-state index contributed by atoms with van der Waals surface area (Å²) in [5.41, 5.74) is 0.583. The molecule has 1 heterocycles. The number of carbonyl (C=O) groups is 2. The standard InChI is InChI=1S/C26H41N3O5/c1-18(2)29(17-22-15-27-14-21(22)16-28(3)25(30)19-7-8-19)26(31)20-9-10-23(33-5)24(13-20)34-12-6-11-32-4/h9-10,13,18-19,21-22,27H,6-8,11-12,14-17H2,1-5H3. The highest BCUT2D eigenvalue weighted by molar-refractivity contribution is 5.95. The van der Waals surface area contributed by atoms with E-state index < -0.39 is 0 Å². The van der Waals surface area contributed by atoms with E-state index in [0.29, 0.717) is 48.7 Å². The quantitative estimate of drug-likeness (QED) is 0.442. The number of amides is 2. The predicted molar refractivity (Wildman–Crippen MR) is 131 cm³/mol. The molecule has 2 atom stereocenters. The van der Waals surface area contributed by atoms with Gasteiger partial charge in [-0.2, -0.15) is 0 Å². The summed E-state index contributed by atoms with van der Waals surface area (Å²) in [6.07, 6.45) is 2.79. The highest BCUT2D eigenvalue weighted by Crippen LogP contribution is 2.32. The second-order valence-corrected chi connectivity index (χ2v) is 9.78. The molecular formula is C26H41N3O5. The van der Waals surface area contributed by atoms with Gasteiger partial charge >= 0.3 is 0 Å². The number of benzene rings is 1. The molecule has 1 aliphatic heterocycles. The molecule has 1 aromatic carbocycles. The van der Waals surface area contributed by atoms with Gasteiger partial charge in [0.1, 0.15) is 0 Å². The van der Waals surface area contributed by atoms with Crippen LogP contribution >= 0.6 is 0 Å². The molecule has 190 valence electrons. The summed E-state index contributed by atoms with van der Waals surface area (Å²) >= 11 is 0. The number of hydrogen-bond donors (Lipinski definition) is 1. The molecule has 0 aromatic heterocycles. The monoisotopic (exact) mass is 475 g/mol. The Bertz CT molecular complexity index is 827. The van der Waals surface area contributed by atoms with Crippen LogP contribution in [0.1, 0.15) is 43.5 Å². The van der Waals surface area contributed by atoms with Crippen LogP contribution in [0.3, 0.4) is 0 Å². The predicted octanol–water partition coefficient (Wildman–Crippen LogP) is 2.67. The van der Waals surface area contributed by atoms with E-state index in [0.717, 1.165) is 38.9 Å². The summed E-state index contributed by atoms with van der Waals surface area (Å²) in [5, 5.41) is 3.47. The smallest absolute Gasteiger partial charge is 0.254 e. The topological polar surface area (TPSA) is 80.3 Å². The molecule has 8 heteroatoms. The van der Waals surface area contributed by atoms with Crippen LogP contribution in [0, 0.1) is 17.8 Å². The van der Waals surface area contributed by atoms with Gasteiger partial charge in [-0.3, -0.25) is 9.59 Å². The molecule has 0 spiro atoms. The zero-order chi connectivity index (χ0) is 24.7. The summed E-state index contributed by atoms with van der Waals surface area (Å²) in [5.74, 6) is 2.27. The second kappa shape index (κ2) is 12.4. The fourth-order valence-electron chi connectivity index (χ4n) is 4.55. The number of hydrogen-bond acceptors (Lipinski definition) is 6. The lowest BCUT2D eigenvalue weighted by Crippen LogP contribution is -2.44. The van der Waals surface area contributed by atoms with Crippen LogP contribution in [0.15, 0.2) is 18.2 Å². The Morgan fingerprint density at radius 2 is 1.76 bits per heavy atom. The first-order chi connectivity index (χ1) is 16.3. The zero-order valence-corrected chi connectivity index (χ0v) is 21.3. The van der Waals surface area contributed by atoms with Gasteiger partial charge in [0.2, 0.25) is 5.91 Å². The Kier molecular flexibility index (Phi) is 9.59. The molecule has 34 heavy (non-hydrogen) atoms. The molecule has 0 bridgehead atoms. The summed E-state index contributed by atoms with van der Waals surface area (Å²) in [6.45, 7) is 8.29. The van der Waals surface area contributed by atoms with E-state index >= 15 is 0 Å². The molecule has 3 rings (SSSR count). The Morgan fingerprint density at radius 1 is 1.06 bits per heavy atom. The molecular weight excluding hydrogens is 434 g/mol. The normalized spacial score (nSPS) is 19.8. The summed E-state index contributed by atoms with van der Waals surface area (Å²) in [6, 6.07) is 5.41. The third-order valence-electron chi connectivity index (χ3n) is 6.77. The Hall–Kier alpha value is -2.32. The van der Waals surface area contributed by atoms with Crippen molar-refractivity contribution in [3.05, 3.63) is 23.8 Å². The molecule has 1 saturated heterocycles. The minimum atomic E-state index is -0.0209. The van der Waals surface area contributed by atoms with Crippen molar-refractivity contribution in [2.75, 3.05) is 60.7 Å². The average Bonchev–Trinajstić information content (AvgIpc) is 3.59. The first kappa shape index (κ1) is 26.3. The lowest BCUT2D eigenvalue weighted by molar-refractivity contribution is -0.131. The van der Waals surface area contributed by atoms with Crippen LogP contribution in [-0.4, -0.2) is 88.3 Å². The average molecular weight is 476 g/mol. The number of rotatable bonds is 13. The second-order valence-electron chi connectivity index (χ2n) is 9.78. The van der Waals surface area contributed by atoms with Gasteiger partial charge in [-0.1, -0.05) is 0 Å². The van der Waals surface area contributed by atoms with E-state index in [1.807, 2.05) is 30.7 Å². The van der Waals surface area contributed by atoms with E-state index in [2.05, 4.69) is 5.32 Å². The molecule has 1 aromatic rings. The first-order valence-electron chi connectivity index (χ1n) is 12.4. The van der Waals surface area contributed by atoms with Gasteiger partial charge in [-0.15, -0.1) is 0 Å². The van der Waals surface area contributed by atoms with Crippen molar-refractivity contribution in [2.45, 2.75) is 39.2 Å². The first-order valence-corrected chi connectivity index (χ1v) is 12.4. The van der Waals surface area contributed by atoms with Crippen molar-refractivity contribution in [2.24, 2.45) is 17.8 Å². The van der Waals surface area contributed by atoms with Crippen molar-refractivity contribution >= 4 is 11.8 Å². The molecule has 2 unspecified atom stereocenters. The number of nitrogens with one attached hydrogen (secondary N) is 1. The number of nitrogens with zero attached hydrogens (tertiary/aromatic N) is 2. The number of ether oxygens (including phenoxy) is 3. The Morgan fingerprint density at radius 3 is 2.38 bits per heavy atom. The summed E-state index contributed by atoms with van der Waals surface area (Å²) < 4.78 is 16.4. The highest BCUT2D eigenvalue weighted by Gasteiger charge is 2.36. The fourth-order valence-corrected chi connectivity index (χ4v) is 4.55. The zero-order valence-electron chi connectivity index (χ0n) is 21.3. The van der Waals surface area contributed by atoms with Crippen molar-refractivity contribution in [3.8, 4) is 11.5 Å². The van der Waals surface area contributed by atoms with Crippen molar-refractivity contribution in [1.29, 1.82) is 0 Å². The molecule has 2 amide bonds. The van der Waals surface area contributed by atoms with Gasteiger partial charge in [0, 0.05) is 70.9 Å². The lowest BCUT2D eigenvalue weighted by atomic mass is 9.94. The Balaban J connectivity index is 1.67. The van der Waals surface area contributed by atoms with Gasteiger partial charge in [0.25, 0.3) is 5.91 Å². The highest BCUT2D eigenvalue weighted by atomic mass is 16.5. The SMILES string of the molecule is COCCCOc1cc(C(=O)N(CC2CNCC2CN(C)C(=O)C2CC2)C(C)C)ccc1OC. The summed E-state index contributed by atoms with van der Waals surface area (Å²) in [4.78, 5) is 29.8. The molecule has 2 aliphatic rings. The van der Waals surface area contributed by atoms with E-state index in [1.165, 1.54) is 0 Å².